The van der Waals surface area contributed by atoms with Gasteiger partial charge in [0.05, 0.1) is 12.1 Å². The van der Waals surface area contributed by atoms with Crippen molar-refractivity contribution in [2.45, 2.75) is 45.8 Å². The SMILES string of the molecule is Cc1nc(CC(O)c2ccc(F)cc2)nc(N2CCc3ccccc3C2C)c1C. The minimum atomic E-state index is -0.773. The fraction of sp³-hybridized carbons (Fsp3) is 0.333. The molecule has 0 spiro atoms. The van der Waals surface area contributed by atoms with Crippen LogP contribution in [-0.2, 0) is 12.8 Å². The monoisotopic (exact) mass is 391 g/mol. The summed E-state index contributed by atoms with van der Waals surface area (Å²) >= 11 is 0. The van der Waals surface area contributed by atoms with Crippen LogP contribution in [0.1, 0.15) is 52.8 Å². The maximum atomic E-state index is 13.2. The van der Waals surface area contributed by atoms with Gasteiger partial charge in [0.2, 0.25) is 0 Å². The van der Waals surface area contributed by atoms with Gasteiger partial charge < -0.3 is 10.0 Å². The number of aryl methyl sites for hydroxylation is 1. The first kappa shape index (κ1) is 19.5. The lowest BCUT2D eigenvalue weighted by atomic mass is 9.93. The first-order valence-corrected chi connectivity index (χ1v) is 10.1. The summed E-state index contributed by atoms with van der Waals surface area (Å²) in [5, 5.41) is 10.6. The molecule has 2 aromatic carbocycles. The molecule has 1 aliphatic rings. The minimum Gasteiger partial charge on any atom is -0.388 e. The Morgan fingerprint density at radius 3 is 2.59 bits per heavy atom. The summed E-state index contributed by atoms with van der Waals surface area (Å²) in [5.74, 6) is 1.22. The van der Waals surface area contributed by atoms with E-state index in [0.717, 1.165) is 30.0 Å². The average molecular weight is 391 g/mol. The number of aliphatic hydroxyl groups is 1. The zero-order chi connectivity index (χ0) is 20.5. The summed E-state index contributed by atoms with van der Waals surface area (Å²) in [6.45, 7) is 7.15. The molecule has 0 bridgehead atoms. The van der Waals surface area contributed by atoms with E-state index in [1.54, 1.807) is 12.1 Å². The van der Waals surface area contributed by atoms with E-state index < -0.39 is 6.10 Å². The lowest BCUT2D eigenvalue weighted by Gasteiger charge is -2.37. The molecule has 0 amide bonds. The number of halogens is 1. The standard InChI is InChI=1S/C24H26FN3O/c1-15-16(2)26-23(14-22(29)19-8-10-20(25)11-9-19)27-24(15)28-13-12-18-6-4-5-7-21(18)17(28)3/h4-11,17,22,29H,12-14H2,1-3H3. The molecule has 0 radical (unpaired) electrons. The summed E-state index contributed by atoms with van der Waals surface area (Å²) in [4.78, 5) is 11.8. The number of fused-ring (bicyclic) bond motifs is 1. The van der Waals surface area contributed by atoms with E-state index in [-0.39, 0.29) is 11.9 Å². The van der Waals surface area contributed by atoms with Gasteiger partial charge in [-0.3, -0.25) is 0 Å². The minimum absolute atomic E-state index is 0.225. The lowest BCUT2D eigenvalue weighted by Crippen LogP contribution is -2.35. The molecule has 0 fully saturated rings. The van der Waals surface area contributed by atoms with Crippen molar-refractivity contribution >= 4 is 5.82 Å². The molecule has 2 atom stereocenters. The van der Waals surface area contributed by atoms with Crippen molar-refractivity contribution < 1.29 is 9.50 Å². The van der Waals surface area contributed by atoms with Gasteiger partial charge in [-0.25, -0.2) is 14.4 Å². The van der Waals surface area contributed by atoms with Gasteiger partial charge >= 0.3 is 0 Å². The molecule has 5 heteroatoms. The van der Waals surface area contributed by atoms with Gasteiger partial charge in [0.25, 0.3) is 0 Å². The molecule has 150 valence electrons. The Kier molecular flexibility index (Phi) is 5.33. The molecule has 29 heavy (non-hydrogen) atoms. The third-order valence-electron chi connectivity index (χ3n) is 5.91. The van der Waals surface area contributed by atoms with Gasteiger partial charge in [0, 0.05) is 24.2 Å². The third-order valence-corrected chi connectivity index (χ3v) is 5.91. The van der Waals surface area contributed by atoms with Crippen LogP contribution in [0.25, 0.3) is 0 Å². The maximum absolute atomic E-state index is 13.2. The molecule has 4 rings (SSSR count). The molecule has 0 aliphatic carbocycles. The van der Waals surface area contributed by atoms with Gasteiger partial charge in [0.1, 0.15) is 17.5 Å². The number of rotatable bonds is 4. The van der Waals surface area contributed by atoms with Gasteiger partial charge in [-0.1, -0.05) is 36.4 Å². The number of anilines is 1. The van der Waals surface area contributed by atoms with E-state index in [1.807, 2.05) is 6.92 Å². The normalized spacial score (nSPS) is 17.1. The molecule has 0 saturated heterocycles. The molecule has 0 saturated carbocycles. The fourth-order valence-electron chi connectivity index (χ4n) is 4.08. The van der Waals surface area contributed by atoms with Gasteiger partial charge in [-0.05, 0) is 56.0 Å². The van der Waals surface area contributed by atoms with E-state index in [2.05, 4.69) is 48.0 Å². The second-order valence-electron chi connectivity index (χ2n) is 7.76. The number of nitrogens with zero attached hydrogens (tertiary/aromatic N) is 3. The van der Waals surface area contributed by atoms with Crippen molar-refractivity contribution in [3.63, 3.8) is 0 Å². The van der Waals surface area contributed by atoms with Gasteiger partial charge in [-0.2, -0.15) is 0 Å². The highest BCUT2D eigenvalue weighted by molar-refractivity contribution is 5.53. The van der Waals surface area contributed by atoms with Crippen LogP contribution in [0.2, 0.25) is 0 Å². The average Bonchev–Trinajstić information content (AvgIpc) is 2.72. The van der Waals surface area contributed by atoms with Crippen molar-refractivity contribution in [3.05, 3.63) is 88.1 Å². The van der Waals surface area contributed by atoms with Crippen LogP contribution in [0.5, 0.6) is 0 Å². The second-order valence-corrected chi connectivity index (χ2v) is 7.76. The zero-order valence-corrected chi connectivity index (χ0v) is 17.1. The van der Waals surface area contributed by atoms with Crippen molar-refractivity contribution in [3.8, 4) is 0 Å². The van der Waals surface area contributed by atoms with E-state index >= 15 is 0 Å². The molecule has 1 aromatic heterocycles. The Hall–Kier alpha value is -2.79. The highest BCUT2D eigenvalue weighted by Crippen LogP contribution is 2.34. The first-order valence-electron chi connectivity index (χ1n) is 10.1. The van der Waals surface area contributed by atoms with E-state index in [1.165, 1.54) is 23.3 Å². The predicted octanol–water partition coefficient (Wildman–Crippen LogP) is 4.63. The number of aromatic nitrogens is 2. The topological polar surface area (TPSA) is 49.3 Å². The van der Waals surface area contributed by atoms with Crippen molar-refractivity contribution in [2.24, 2.45) is 0 Å². The quantitative estimate of drug-likeness (QED) is 0.704. The highest BCUT2D eigenvalue weighted by Gasteiger charge is 2.27. The fourth-order valence-corrected chi connectivity index (χ4v) is 4.08. The predicted molar refractivity (Wildman–Crippen MR) is 112 cm³/mol. The number of hydrogen-bond donors (Lipinski definition) is 1. The van der Waals surface area contributed by atoms with Crippen LogP contribution in [-0.4, -0.2) is 21.6 Å². The van der Waals surface area contributed by atoms with Crippen LogP contribution in [0.15, 0.2) is 48.5 Å². The van der Waals surface area contributed by atoms with Crippen molar-refractivity contribution in [1.29, 1.82) is 0 Å². The van der Waals surface area contributed by atoms with Crippen molar-refractivity contribution in [1.82, 2.24) is 9.97 Å². The first-order chi connectivity index (χ1) is 13.9. The summed E-state index contributed by atoms with van der Waals surface area (Å²) in [6, 6.07) is 14.7. The number of benzene rings is 2. The number of hydrogen-bond acceptors (Lipinski definition) is 4. The second kappa shape index (κ2) is 7.91. The Balaban J connectivity index is 1.63. The van der Waals surface area contributed by atoms with Crippen LogP contribution in [0.3, 0.4) is 0 Å². The molecule has 3 aromatic rings. The highest BCUT2D eigenvalue weighted by atomic mass is 19.1. The Bertz CT molecular complexity index is 1020. The number of aliphatic hydroxyl groups excluding tert-OH is 1. The van der Waals surface area contributed by atoms with Crippen LogP contribution >= 0.6 is 0 Å². The van der Waals surface area contributed by atoms with Crippen LogP contribution in [0.4, 0.5) is 10.2 Å². The lowest BCUT2D eigenvalue weighted by molar-refractivity contribution is 0.175. The smallest absolute Gasteiger partial charge is 0.135 e. The molecule has 4 nitrogen and oxygen atoms in total. The van der Waals surface area contributed by atoms with Crippen LogP contribution in [0, 0.1) is 19.7 Å². The molecule has 1 N–H and O–H groups in total. The van der Waals surface area contributed by atoms with Crippen molar-refractivity contribution in [2.75, 3.05) is 11.4 Å². The zero-order valence-electron chi connectivity index (χ0n) is 17.1. The summed E-state index contributed by atoms with van der Waals surface area (Å²) in [6.07, 6.45) is 0.500. The Labute approximate surface area is 171 Å². The van der Waals surface area contributed by atoms with Crippen LogP contribution < -0.4 is 4.90 Å². The Morgan fingerprint density at radius 1 is 1.10 bits per heavy atom. The summed E-state index contributed by atoms with van der Waals surface area (Å²) < 4.78 is 13.2. The largest absolute Gasteiger partial charge is 0.388 e. The molecular weight excluding hydrogens is 365 g/mol. The maximum Gasteiger partial charge on any atom is 0.135 e. The van der Waals surface area contributed by atoms with E-state index in [9.17, 15) is 9.50 Å². The molecule has 1 aliphatic heterocycles. The van der Waals surface area contributed by atoms with Gasteiger partial charge in [-0.15, -0.1) is 0 Å². The molecular formula is C24H26FN3O. The van der Waals surface area contributed by atoms with Gasteiger partial charge in [0.15, 0.2) is 0 Å². The van der Waals surface area contributed by atoms with E-state index in [0.29, 0.717) is 17.8 Å². The van der Waals surface area contributed by atoms with E-state index in [4.69, 9.17) is 4.98 Å². The summed E-state index contributed by atoms with van der Waals surface area (Å²) in [5.41, 5.74) is 5.38. The Morgan fingerprint density at radius 2 is 1.83 bits per heavy atom. The summed E-state index contributed by atoms with van der Waals surface area (Å²) in [7, 11) is 0. The molecule has 2 unspecified atom stereocenters. The molecule has 2 heterocycles. The third kappa shape index (κ3) is 3.87.